The topological polar surface area (TPSA) is 119 Å². The summed E-state index contributed by atoms with van der Waals surface area (Å²) in [5, 5.41) is 2.66. The van der Waals surface area contributed by atoms with Crippen LogP contribution in [-0.4, -0.2) is 33.9 Å². The van der Waals surface area contributed by atoms with E-state index in [4.69, 9.17) is 10.5 Å². The van der Waals surface area contributed by atoms with Crippen molar-refractivity contribution in [2.45, 2.75) is 11.3 Å². The fourth-order valence-corrected chi connectivity index (χ4v) is 5.19. The molecule has 32 heavy (non-hydrogen) atoms. The number of methoxy groups -OCH3 is 1. The molecule has 0 atom stereocenters. The Balaban J connectivity index is 1.68. The molecule has 0 spiro atoms. The normalized spacial score (nSPS) is 12.8. The first-order valence-corrected chi connectivity index (χ1v) is 11.2. The standard InChI is InChI=1S/C23H21N3O5S/c1-31-21-10-9-18(32(29,30)26-12-11-15-5-2-3-8-20(15)26)14-19(21)23(28)25-17-7-4-6-16(13-17)22(24)27/h2-10,13-14H,11-12H2,1H3,(H2,24,27)(H,25,28). The molecule has 3 aromatic carbocycles. The van der Waals surface area contributed by atoms with Gasteiger partial charge in [0.25, 0.3) is 15.9 Å². The fraction of sp³-hybridized carbons (Fsp3) is 0.130. The molecule has 3 aromatic rings. The van der Waals surface area contributed by atoms with Crippen LogP contribution in [0.15, 0.2) is 71.6 Å². The smallest absolute Gasteiger partial charge is 0.264 e. The molecule has 0 saturated carbocycles. The number of nitrogens with zero attached hydrogens (tertiary/aromatic N) is 1. The van der Waals surface area contributed by atoms with Crippen molar-refractivity contribution >= 4 is 33.2 Å². The number of hydrogen-bond donors (Lipinski definition) is 2. The Morgan fingerprint density at radius 3 is 2.56 bits per heavy atom. The maximum atomic E-state index is 13.4. The van der Waals surface area contributed by atoms with Crippen LogP contribution in [-0.2, 0) is 16.4 Å². The summed E-state index contributed by atoms with van der Waals surface area (Å²) in [4.78, 5) is 24.3. The number of nitrogens with two attached hydrogens (primary N) is 1. The molecule has 1 aliphatic rings. The number of ether oxygens (including phenoxy) is 1. The molecule has 4 rings (SSSR count). The van der Waals surface area contributed by atoms with E-state index in [-0.39, 0.29) is 21.8 Å². The fourth-order valence-electron chi connectivity index (χ4n) is 3.66. The van der Waals surface area contributed by atoms with E-state index in [0.717, 1.165) is 5.56 Å². The Hall–Kier alpha value is -3.85. The van der Waals surface area contributed by atoms with E-state index >= 15 is 0 Å². The Labute approximate surface area is 185 Å². The second kappa shape index (κ2) is 8.35. The molecule has 9 heteroatoms. The quantitative estimate of drug-likeness (QED) is 0.597. The number of primary amides is 1. The van der Waals surface area contributed by atoms with Crippen molar-refractivity contribution in [1.29, 1.82) is 0 Å². The van der Waals surface area contributed by atoms with Gasteiger partial charge in [-0.25, -0.2) is 8.42 Å². The molecule has 0 bridgehead atoms. The van der Waals surface area contributed by atoms with Gasteiger partial charge in [-0.1, -0.05) is 24.3 Å². The van der Waals surface area contributed by atoms with Gasteiger partial charge in [0.05, 0.1) is 23.3 Å². The number of anilines is 2. The van der Waals surface area contributed by atoms with Crippen molar-refractivity contribution in [3.63, 3.8) is 0 Å². The summed E-state index contributed by atoms with van der Waals surface area (Å²) in [6.07, 6.45) is 0.620. The molecule has 3 N–H and O–H groups in total. The number of para-hydroxylation sites is 1. The number of hydrogen-bond acceptors (Lipinski definition) is 5. The van der Waals surface area contributed by atoms with E-state index in [1.54, 1.807) is 24.3 Å². The molecule has 0 radical (unpaired) electrons. The SMILES string of the molecule is COc1ccc(S(=O)(=O)N2CCc3ccccc32)cc1C(=O)Nc1cccc(C(N)=O)c1. The lowest BCUT2D eigenvalue weighted by atomic mass is 10.1. The molecular formula is C23H21N3O5S. The second-order valence-corrected chi connectivity index (χ2v) is 9.08. The molecule has 2 amide bonds. The van der Waals surface area contributed by atoms with Gasteiger partial charge in [0.1, 0.15) is 5.75 Å². The number of rotatable bonds is 6. The van der Waals surface area contributed by atoms with E-state index < -0.39 is 21.8 Å². The Kier molecular flexibility index (Phi) is 5.58. The lowest BCUT2D eigenvalue weighted by Gasteiger charge is -2.20. The summed E-state index contributed by atoms with van der Waals surface area (Å²) >= 11 is 0. The molecule has 0 fully saturated rings. The molecule has 0 aliphatic carbocycles. The van der Waals surface area contributed by atoms with Crippen LogP contribution in [0.5, 0.6) is 5.75 Å². The highest BCUT2D eigenvalue weighted by Crippen LogP contribution is 2.34. The summed E-state index contributed by atoms with van der Waals surface area (Å²) in [5.41, 5.74) is 7.51. The molecule has 1 heterocycles. The molecular weight excluding hydrogens is 430 g/mol. The predicted octanol–water partition coefficient (Wildman–Crippen LogP) is 2.80. The third-order valence-corrected chi connectivity index (χ3v) is 7.06. The minimum Gasteiger partial charge on any atom is -0.496 e. The highest BCUT2D eigenvalue weighted by molar-refractivity contribution is 7.92. The molecule has 0 aromatic heterocycles. The Bertz CT molecular complexity index is 1320. The van der Waals surface area contributed by atoms with E-state index in [0.29, 0.717) is 24.3 Å². The van der Waals surface area contributed by atoms with Gasteiger partial charge in [-0.3, -0.25) is 13.9 Å². The van der Waals surface area contributed by atoms with Gasteiger partial charge in [0, 0.05) is 17.8 Å². The van der Waals surface area contributed by atoms with Crippen molar-refractivity contribution < 1.29 is 22.7 Å². The molecule has 1 aliphatic heterocycles. The number of sulfonamides is 1. The first-order chi connectivity index (χ1) is 15.3. The van der Waals surface area contributed by atoms with Crippen molar-refractivity contribution in [2.75, 3.05) is 23.3 Å². The third kappa shape index (κ3) is 3.90. The minimum absolute atomic E-state index is 0.0222. The van der Waals surface area contributed by atoms with Crippen LogP contribution < -0.4 is 20.1 Å². The number of carbonyl (C=O) groups excluding carboxylic acids is 2. The predicted molar refractivity (Wildman–Crippen MR) is 121 cm³/mol. The third-order valence-electron chi connectivity index (χ3n) is 5.25. The van der Waals surface area contributed by atoms with E-state index in [2.05, 4.69) is 5.32 Å². The zero-order valence-corrected chi connectivity index (χ0v) is 18.1. The van der Waals surface area contributed by atoms with E-state index in [9.17, 15) is 18.0 Å². The number of carbonyl (C=O) groups is 2. The summed E-state index contributed by atoms with van der Waals surface area (Å²) in [7, 11) is -2.49. The lowest BCUT2D eigenvalue weighted by molar-refractivity contribution is 0.0995. The monoisotopic (exact) mass is 451 g/mol. The average molecular weight is 452 g/mol. The first kappa shape index (κ1) is 21.4. The highest BCUT2D eigenvalue weighted by Gasteiger charge is 2.31. The van der Waals surface area contributed by atoms with Crippen LogP contribution in [0.4, 0.5) is 11.4 Å². The van der Waals surface area contributed by atoms with Crippen molar-refractivity contribution in [3.8, 4) is 5.75 Å². The highest BCUT2D eigenvalue weighted by atomic mass is 32.2. The number of fused-ring (bicyclic) bond motifs is 1. The number of nitrogens with one attached hydrogen (secondary N) is 1. The summed E-state index contributed by atoms with van der Waals surface area (Å²) < 4.78 is 33.3. The van der Waals surface area contributed by atoms with Gasteiger partial charge in [-0.2, -0.15) is 0 Å². The van der Waals surface area contributed by atoms with Crippen molar-refractivity contribution in [2.24, 2.45) is 5.73 Å². The lowest BCUT2D eigenvalue weighted by Crippen LogP contribution is -2.29. The average Bonchev–Trinajstić information content (AvgIpc) is 3.24. The number of benzene rings is 3. The van der Waals surface area contributed by atoms with Gasteiger partial charge >= 0.3 is 0 Å². The Morgan fingerprint density at radius 2 is 1.81 bits per heavy atom. The largest absolute Gasteiger partial charge is 0.496 e. The zero-order valence-electron chi connectivity index (χ0n) is 17.2. The summed E-state index contributed by atoms with van der Waals surface area (Å²) in [6, 6.07) is 17.6. The maximum absolute atomic E-state index is 13.4. The van der Waals surface area contributed by atoms with Crippen LogP contribution in [0, 0.1) is 0 Å². The summed E-state index contributed by atoms with van der Waals surface area (Å²) in [5.74, 6) is -0.991. The minimum atomic E-state index is -3.89. The van der Waals surface area contributed by atoms with Crippen molar-refractivity contribution in [3.05, 3.63) is 83.4 Å². The molecule has 164 valence electrons. The van der Waals surface area contributed by atoms with Gasteiger partial charge in [-0.05, 0) is 54.4 Å². The molecule has 8 nitrogen and oxygen atoms in total. The molecule has 0 saturated heterocycles. The van der Waals surface area contributed by atoms with E-state index in [1.807, 2.05) is 12.1 Å². The van der Waals surface area contributed by atoms with Gasteiger partial charge in [0.15, 0.2) is 0 Å². The maximum Gasteiger partial charge on any atom is 0.264 e. The number of amides is 2. The van der Waals surface area contributed by atoms with Crippen LogP contribution in [0.1, 0.15) is 26.3 Å². The summed E-state index contributed by atoms with van der Waals surface area (Å²) in [6.45, 7) is 0.329. The van der Waals surface area contributed by atoms with E-state index in [1.165, 1.54) is 41.7 Å². The van der Waals surface area contributed by atoms with Gasteiger partial charge < -0.3 is 15.8 Å². The van der Waals surface area contributed by atoms with Crippen LogP contribution in [0.25, 0.3) is 0 Å². The first-order valence-electron chi connectivity index (χ1n) is 9.81. The zero-order chi connectivity index (χ0) is 22.9. The van der Waals surface area contributed by atoms with Gasteiger partial charge in [0.2, 0.25) is 5.91 Å². The Morgan fingerprint density at radius 1 is 1.03 bits per heavy atom. The van der Waals surface area contributed by atoms with Crippen LogP contribution >= 0.6 is 0 Å². The van der Waals surface area contributed by atoms with Crippen LogP contribution in [0.3, 0.4) is 0 Å². The molecule has 0 unspecified atom stereocenters. The van der Waals surface area contributed by atoms with Crippen molar-refractivity contribution in [1.82, 2.24) is 0 Å². The van der Waals surface area contributed by atoms with Crippen LogP contribution in [0.2, 0.25) is 0 Å². The van der Waals surface area contributed by atoms with Gasteiger partial charge in [-0.15, -0.1) is 0 Å². The second-order valence-electron chi connectivity index (χ2n) is 7.22.